The maximum atomic E-state index is 12.8. The monoisotopic (exact) mass is 478 g/mol. The summed E-state index contributed by atoms with van der Waals surface area (Å²) in [5, 5.41) is 11.2. The number of amidine groups is 1. The van der Waals surface area contributed by atoms with Crippen molar-refractivity contribution in [2.24, 2.45) is 4.99 Å². The van der Waals surface area contributed by atoms with Crippen molar-refractivity contribution in [1.29, 1.82) is 0 Å². The first-order valence-electron chi connectivity index (χ1n) is 7.05. The van der Waals surface area contributed by atoms with Gasteiger partial charge in [-0.1, -0.05) is 12.1 Å². The SMILES string of the molecule is Oc1c(Br)cc(C2=NCON2Cc2cccc(C(F)(F)F)c2)cc1Br. The molecule has 0 atom stereocenters. The third-order valence-electron chi connectivity index (χ3n) is 3.52. The van der Waals surface area contributed by atoms with Crippen LogP contribution in [0.1, 0.15) is 16.7 Å². The first-order valence-corrected chi connectivity index (χ1v) is 8.64. The highest BCUT2D eigenvalue weighted by Gasteiger charge is 2.31. The second-order valence-corrected chi connectivity index (χ2v) is 6.97. The van der Waals surface area contributed by atoms with Gasteiger partial charge in [0.05, 0.1) is 21.1 Å². The average Bonchev–Trinajstić information content (AvgIpc) is 2.99. The molecule has 4 nitrogen and oxygen atoms in total. The minimum absolute atomic E-state index is 0.0488. The molecule has 0 unspecified atom stereocenters. The van der Waals surface area contributed by atoms with Crippen molar-refractivity contribution in [2.45, 2.75) is 12.7 Å². The molecule has 1 aliphatic rings. The molecule has 25 heavy (non-hydrogen) atoms. The van der Waals surface area contributed by atoms with Crippen LogP contribution in [0.25, 0.3) is 0 Å². The quantitative estimate of drug-likeness (QED) is 0.667. The Morgan fingerprint density at radius 3 is 2.48 bits per heavy atom. The van der Waals surface area contributed by atoms with Gasteiger partial charge in [0.1, 0.15) is 5.75 Å². The fourth-order valence-electron chi connectivity index (χ4n) is 2.36. The van der Waals surface area contributed by atoms with E-state index in [4.69, 9.17) is 4.84 Å². The lowest BCUT2D eigenvalue weighted by Gasteiger charge is -2.20. The number of halogens is 5. The van der Waals surface area contributed by atoms with Crippen LogP contribution in [0.2, 0.25) is 0 Å². The van der Waals surface area contributed by atoms with E-state index in [1.165, 1.54) is 11.1 Å². The summed E-state index contributed by atoms with van der Waals surface area (Å²) in [6.07, 6.45) is -4.40. The fraction of sp³-hybridized carbons (Fsp3) is 0.188. The number of aliphatic imine (C=N–C) groups is 1. The van der Waals surface area contributed by atoms with Crippen molar-refractivity contribution in [3.63, 3.8) is 0 Å². The van der Waals surface area contributed by atoms with Gasteiger partial charge in [0.2, 0.25) is 0 Å². The molecule has 0 spiro atoms. The molecule has 0 saturated carbocycles. The smallest absolute Gasteiger partial charge is 0.416 e. The van der Waals surface area contributed by atoms with Gasteiger partial charge >= 0.3 is 6.18 Å². The summed E-state index contributed by atoms with van der Waals surface area (Å²) >= 11 is 6.49. The third kappa shape index (κ3) is 3.99. The number of phenolic OH excluding ortho intramolecular Hbond substituents is 1. The first-order chi connectivity index (χ1) is 11.8. The molecule has 2 aromatic carbocycles. The number of phenols is 1. The summed E-state index contributed by atoms with van der Waals surface area (Å²) in [7, 11) is 0. The third-order valence-corrected chi connectivity index (χ3v) is 4.73. The van der Waals surface area contributed by atoms with Gasteiger partial charge in [-0.05, 0) is 61.7 Å². The van der Waals surface area contributed by atoms with Gasteiger partial charge in [0, 0.05) is 5.56 Å². The van der Waals surface area contributed by atoms with E-state index in [9.17, 15) is 18.3 Å². The number of hydroxylamine groups is 2. The van der Waals surface area contributed by atoms with Crippen molar-refractivity contribution < 1.29 is 23.1 Å². The first kappa shape index (κ1) is 18.2. The van der Waals surface area contributed by atoms with Crippen molar-refractivity contribution in [1.82, 2.24) is 5.06 Å². The fourth-order valence-corrected chi connectivity index (χ4v) is 3.55. The van der Waals surface area contributed by atoms with E-state index in [2.05, 4.69) is 36.9 Å². The van der Waals surface area contributed by atoms with Gasteiger partial charge in [-0.3, -0.25) is 0 Å². The minimum Gasteiger partial charge on any atom is -0.506 e. The van der Waals surface area contributed by atoms with Crippen LogP contribution in [0.5, 0.6) is 5.75 Å². The van der Waals surface area contributed by atoms with Gasteiger partial charge in [-0.15, -0.1) is 0 Å². The summed E-state index contributed by atoms with van der Waals surface area (Å²) < 4.78 is 39.5. The lowest BCUT2D eigenvalue weighted by molar-refractivity contribution is -0.137. The molecular weight excluding hydrogens is 469 g/mol. The van der Waals surface area contributed by atoms with Crippen LogP contribution in [-0.4, -0.2) is 22.7 Å². The maximum absolute atomic E-state index is 12.8. The van der Waals surface area contributed by atoms with E-state index < -0.39 is 11.7 Å². The Hall–Kier alpha value is -1.58. The molecule has 0 amide bonds. The Labute approximate surface area is 158 Å². The highest BCUT2D eigenvalue weighted by molar-refractivity contribution is 9.11. The number of hydrogen-bond donors (Lipinski definition) is 1. The molecule has 0 bridgehead atoms. The predicted molar refractivity (Wildman–Crippen MR) is 93.0 cm³/mol. The molecule has 1 aliphatic heterocycles. The zero-order valence-corrected chi connectivity index (χ0v) is 15.7. The highest BCUT2D eigenvalue weighted by atomic mass is 79.9. The summed E-state index contributed by atoms with van der Waals surface area (Å²) in [6, 6.07) is 8.38. The van der Waals surface area contributed by atoms with Crippen molar-refractivity contribution >= 4 is 37.7 Å². The van der Waals surface area contributed by atoms with E-state index in [-0.39, 0.29) is 19.0 Å². The molecule has 0 aromatic heterocycles. The van der Waals surface area contributed by atoms with E-state index in [1.54, 1.807) is 18.2 Å². The number of benzene rings is 2. The summed E-state index contributed by atoms with van der Waals surface area (Å²) in [5.74, 6) is 0.520. The minimum atomic E-state index is -4.40. The van der Waals surface area contributed by atoms with Crippen molar-refractivity contribution in [3.8, 4) is 5.75 Å². The Balaban J connectivity index is 1.86. The molecule has 0 radical (unpaired) electrons. The average molecular weight is 480 g/mol. The van der Waals surface area contributed by atoms with Crippen LogP contribution < -0.4 is 0 Å². The number of aromatic hydroxyl groups is 1. The van der Waals surface area contributed by atoms with Crippen LogP contribution in [0.15, 0.2) is 50.3 Å². The Morgan fingerprint density at radius 2 is 1.84 bits per heavy atom. The van der Waals surface area contributed by atoms with Gasteiger partial charge in [-0.2, -0.15) is 13.2 Å². The van der Waals surface area contributed by atoms with Crippen LogP contribution in [0.3, 0.4) is 0 Å². The van der Waals surface area contributed by atoms with Gasteiger partial charge in [0.15, 0.2) is 12.6 Å². The molecule has 1 N–H and O–H groups in total. The molecule has 0 aliphatic carbocycles. The van der Waals surface area contributed by atoms with Gasteiger partial charge in [0.25, 0.3) is 0 Å². The number of hydrogen-bond acceptors (Lipinski definition) is 4. The molecule has 0 fully saturated rings. The Kier molecular flexibility index (Phi) is 5.08. The lowest BCUT2D eigenvalue weighted by Crippen LogP contribution is -2.26. The molecule has 0 saturated heterocycles. The zero-order chi connectivity index (χ0) is 18.2. The molecule has 9 heteroatoms. The van der Waals surface area contributed by atoms with Crippen LogP contribution in [0.4, 0.5) is 13.2 Å². The van der Waals surface area contributed by atoms with Crippen molar-refractivity contribution in [2.75, 3.05) is 6.73 Å². The molecule has 1 heterocycles. The zero-order valence-electron chi connectivity index (χ0n) is 12.5. The van der Waals surface area contributed by atoms with E-state index >= 15 is 0 Å². The van der Waals surface area contributed by atoms with Crippen LogP contribution in [0, 0.1) is 0 Å². The second-order valence-electron chi connectivity index (χ2n) is 5.26. The molecule has 3 rings (SSSR count). The number of nitrogens with zero attached hydrogens (tertiary/aromatic N) is 2. The van der Waals surface area contributed by atoms with E-state index in [0.717, 1.165) is 12.1 Å². The largest absolute Gasteiger partial charge is 0.506 e. The highest BCUT2D eigenvalue weighted by Crippen LogP contribution is 2.34. The molecule has 132 valence electrons. The normalized spacial score (nSPS) is 14.8. The number of rotatable bonds is 3. The summed E-state index contributed by atoms with van der Waals surface area (Å²) in [6.45, 7) is 0.184. The number of alkyl halides is 3. The topological polar surface area (TPSA) is 45.1 Å². The summed E-state index contributed by atoms with van der Waals surface area (Å²) in [4.78, 5) is 9.66. The summed E-state index contributed by atoms with van der Waals surface area (Å²) in [5.41, 5.74) is 0.389. The van der Waals surface area contributed by atoms with Gasteiger partial charge in [-0.25, -0.2) is 14.9 Å². The molecule has 2 aromatic rings. The standard InChI is InChI=1S/C16H11Br2F3N2O2/c17-12-5-10(6-13(18)14(12)24)15-22-8-25-23(15)7-9-2-1-3-11(4-9)16(19,20)21/h1-6,24H,7-8H2. The van der Waals surface area contributed by atoms with Gasteiger partial charge < -0.3 is 5.11 Å². The van der Waals surface area contributed by atoms with Crippen LogP contribution >= 0.6 is 31.9 Å². The predicted octanol–water partition coefficient (Wildman–Crippen LogP) is 5.09. The Morgan fingerprint density at radius 1 is 1.16 bits per heavy atom. The molecular formula is C16H11Br2F3N2O2. The maximum Gasteiger partial charge on any atom is 0.416 e. The van der Waals surface area contributed by atoms with E-state index in [1.807, 2.05) is 0 Å². The second kappa shape index (κ2) is 6.97. The lowest BCUT2D eigenvalue weighted by atomic mass is 10.1. The van der Waals surface area contributed by atoms with E-state index in [0.29, 0.717) is 25.9 Å². The van der Waals surface area contributed by atoms with Crippen molar-refractivity contribution in [3.05, 3.63) is 62.0 Å². The van der Waals surface area contributed by atoms with Crippen LogP contribution in [-0.2, 0) is 17.6 Å². The Bertz CT molecular complexity index is 817.